The minimum absolute atomic E-state index is 0.00645. The molecule has 0 aliphatic heterocycles. The molecule has 6 nitrogen and oxygen atoms in total. The molecule has 1 aromatic carbocycles. The molecule has 4 rings (SSSR count). The van der Waals surface area contributed by atoms with Gasteiger partial charge in [0.2, 0.25) is 10.0 Å². The second kappa shape index (κ2) is 8.88. The van der Waals surface area contributed by atoms with E-state index in [2.05, 4.69) is 19.9 Å². The predicted octanol–water partition coefficient (Wildman–Crippen LogP) is 4.76. The van der Waals surface area contributed by atoms with Crippen molar-refractivity contribution >= 4 is 21.6 Å². The van der Waals surface area contributed by atoms with Crippen LogP contribution in [0.5, 0.6) is 0 Å². The molecular formula is C22H25ClN4O2S. The van der Waals surface area contributed by atoms with Crippen molar-refractivity contribution in [3.05, 3.63) is 59.5 Å². The van der Waals surface area contributed by atoms with Crippen molar-refractivity contribution in [2.75, 3.05) is 6.26 Å². The quantitative estimate of drug-likeness (QED) is 0.555. The summed E-state index contributed by atoms with van der Waals surface area (Å²) in [5.41, 5.74) is 5.14. The number of benzene rings is 1. The van der Waals surface area contributed by atoms with Crippen LogP contribution in [0.2, 0.25) is 5.02 Å². The summed E-state index contributed by atoms with van der Waals surface area (Å²) in [5, 5.41) is 8.67. The zero-order chi connectivity index (χ0) is 21.1. The van der Waals surface area contributed by atoms with Crippen LogP contribution in [0, 0.1) is 0 Å². The van der Waals surface area contributed by atoms with Gasteiger partial charge in [-0.2, -0.15) is 5.10 Å². The monoisotopic (exact) mass is 444 g/mol. The Kier molecular flexibility index (Phi) is 6.22. The highest BCUT2D eigenvalue weighted by Gasteiger charge is 2.27. The lowest BCUT2D eigenvalue weighted by Gasteiger charge is -2.16. The van der Waals surface area contributed by atoms with Gasteiger partial charge in [0.15, 0.2) is 0 Å². The first-order valence-electron chi connectivity index (χ1n) is 10.1. The first-order valence-corrected chi connectivity index (χ1v) is 12.4. The zero-order valence-corrected chi connectivity index (χ0v) is 18.4. The summed E-state index contributed by atoms with van der Waals surface area (Å²) in [7, 11) is -3.20. The van der Waals surface area contributed by atoms with Gasteiger partial charge in [0.05, 0.1) is 6.26 Å². The number of aromatic amines is 1. The number of nitrogens with zero attached hydrogens (tertiary/aromatic N) is 2. The van der Waals surface area contributed by atoms with Gasteiger partial charge in [0.1, 0.15) is 5.69 Å². The largest absolute Gasteiger partial charge is 0.281 e. The maximum absolute atomic E-state index is 11.6. The molecule has 1 saturated carbocycles. The first-order chi connectivity index (χ1) is 14.4. The fourth-order valence-electron chi connectivity index (χ4n) is 4.29. The maximum Gasteiger partial charge on any atom is 0.208 e. The lowest BCUT2D eigenvalue weighted by molar-refractivity contribution is 0.508. The van der Waals surface area contributed by atoms with Gasteiger partial charge in [-0.25, -0.2) is 13.1 Å². The van der Waals surface area contributed by atoms with Crippen molar-refractivity contribution in [2.45, 2.75) is 44.1 Å². The Balaban J connectivity index is 1.69. The SMILES string of the molecule is CS(=O)(=O)N[C@H]1CCC[C@@H](c2[nH]nc(-c3ccc(Cl)cc3)c2-c2ccncc2)CC1. The number of rotatable bonds is 5. The molecular weight excluding hydrogens is 420 g/mol. The summed E-state index contributed by atoms with van der Waals surface area (Å²) in [6.07, 6.45) is 9.31. The summed E-state index contributed by atoms with van der Waals surface area (Å²) in [6, 6.07) is 11.7. The normalized spacial score (nSPS) is 20.1. The van der Waals surface area contributed by atoms with Gasteiger partial charge in [0, 0.05) is 46.2 Å². The van der Waals surface area contributed by atoms with E-state index in [1.54, 1.807) is 12.4 Å². The molecule has 2 N–H and O–H groups in total. The Morgan fingerprint density at radius 2 is 1.73 bits per heavy atom. The third-order valence-electron chi connectivity index (χ3n) is 5.64. The Labute approximate surface area is 182 Å². The molecule has 1 aliphatic carbocycles. The Morgan fingerprint density at radius 3 is 2.43 bits per heavy atom. The van der Waals surface area contributed by atoms with E-state index in [1.165, 1.54) is 6.26 Å². The smallest absolute Gasteiger partial charge is 0.208 e. The zero-order valence-electron chi connectivity index (χ0n) is 16.8. The number of hydrogen-bond acceptors (Lipinski definition) is 4. The molecule has 0 spiro atoms. The lowest BCUT2D eigenvalue weighted by Crippen LogP contribution is -2.33. The first kappa shape index (κ1) is 21.0. The van der Waals surface area contributed by atoms with Gasteiger partial charge in [0.25, 0.3) is 0 Å². The van der Waals surface area contributed by atoms with E-state index in [0.29, 0.717) is 5.02 Å². The van der Waals surface area contributed by atoms with Crippen LogP contribution in [0.25, 0.3) is 22.4 Å². The highest BCUT2D eigenvalue weighted by Crippen LogP contribution is 2.41. The highest BCUT2D eigenvalue weighted by atomic mass is 35.5. The van der Waals surface area contributed by atoms with Crippen LogP contribution in [-0.2, 0) is 10.0 Å². The third-order valence-corrected chi connectivity index (χ3v) is 6.65. The minimum atomic E-state index is -3.20. The molecule has 0 unspecified atom stereocenters. The molecule has 30 heavy (non-hydrogen) atoms. The summed E-state index contributed by atoms with van der Waals surface area (Å²) in [5.74, 6) is 0.285. The Morgan fingerprint density at radius 1 is 1.00 bits per heavy atom. The van der Waals surface area contributed by atoms with Gasteiger partial charge < -0.3 is 0 Å². The molecule has 0 radical (unpaired) electrons. The van der Waals surface area contributed by atoms with Crippen molar-refractivity contribution in [1.82, 2.24) is 19.9 Å². The number of nitrogens with one attached hydrogen (secondary N) is 2. The van der Waals surface area contributed by atoms with E-state index in [4.69, 9.17) is 11.6 Å². The fraction of sp³-hybridized carbons (Fsp3) is 0.364. The summed E-state index contributed by atoms with van der Waals surface area (Å²) in [4.78, 5) is 4.16. The number of sulfonamides is 1. The summed E-state index contributed by atoms with van der Waals surface area (Å²) >= 11 is 6.08. The number of hydrogen-bond donors (Lipinski definition) is 2. The van der Waals surface area contributed by atoms with Gasteiger partial charge in [-0.3, -0.25) is 10.1 Å². The molecule has 8 heteroatoms. The molecule has 0 saturated heterocycles. The van der Waals surface area contributed by atoms with E-state index in [1.807, 2.05) is 36.4 Å². The molecule has 2 aromatic heterocycles. The van der Waals surface area contributed by atoms with Crippen LogP contribution in [0.15, 0.2) is 48.8 Å². The number of H-pyrrole nitrogens is 1. The van der Waals surface area contributed by atoms with Crippen molar-refractivity contribution in [1.29, 1.82) is 0 Å². The van der Waals surface area contributed by atoms with Crippen LogP contribution < -0.4 is 4.72 Å². The molecule has 1 aliphatic rings. The standard InChI is InChI=1S/C22H25ClN4O2S/c1-30(28,29)27-19-4-2-3-16(7-10-19)21-20(15-11-13-24-14-12-15)22(26-25-21)17-5-8-18(23)9-6-17/h5-6,8-9,11-14,16,19,27H,2-4,7,10H2,1H3,(H,25,26)/t16-,19+/m1/s1. The Hall–Kier alpha value is -2.22. The van der Waals surface area contributed by atoms with E-state index >= 15 is 0 Å². The minimum Gasteiger partial charge on any atom is -0.281 e. The maximum atomic E-state index is 11.6. The van der Waals surface area contributed by atoms with Crippen LogP contribution in [0.4, 0.5) is 0 Å². The van der Waals surface area contributed by atoms with Crippen LogP contribution in [0.3, 0.4) is 0 Å². The second-order valence-electron chi connectivity index (χ2n) is 7.90. The highest BCUT2D eigenvalue weighted by molar-refractivity contribution is 7.88. The topological polar surface area (TPSA) is 87.7 Å². The third kappa shape index (κ3) is 4.91. The van der Waals surface area contributed by atoms with Crippen LogP contribution in [0.1, 0.15) is 43.7 Å². The second-order valence-corrected chi connectivity index (χ2v) is 10.1. The molecule has 3 aromatic rings. The van der Waals surface area contributed by atoms with Crippen LogP contribution in [-0.4, -0.2) is 35.9 Å². The van der Waals surface area contributed by atoms with E-state index in [0.717, 1.165) is 60.2 Å². The molecule has 0 bridgehead atoms. The van der Waals surface area contributed by atoms with E-state index in [-0.39, 0.29) is 12.0 Å². The molecule has 2 heterocycles. The summed E-state index contributed by atoms with van der Waals surface area (Å²) < 4.78 is 26.1. The summed E-state index contributed by atoms with van der Waals surface area (Å²) in [6.45, 7) is 0. The van der Waals surface area contributed by atoms with Crippen molar-refractivity contribution in [3.63, 3.8) is 0 Å². The fourth-order valence-corrected chi connectivity index (χ4v) is 5.26. The van der Waals surface area contributed by atoms with Gasteiger partial charge in [-0.1, -0.05) is 30.2 Å². The molecule has 2 atom stereocenters. The molecule has 1 fully saturated rings. The number of pyridine rings is 1. The average Bonchev–Trinajstić information content (AvgIpc) is 3.03. The molecule has 0 amide bonds. The van der Waals surface area contributed by atoms with Crippen molar-refractivity contribution < 1.29 is 8.42 Å². The lowest BCUT2D eigenvalue weighted by atomic mass is 9.89. The molecule has 158 valence electrons. The van der Waals surface area contributed by atoms with Gasteiger partial charge in [-0.15, -0.1) is 0 Å². The predicted molar refractivity (Wildman–Crippen MR) is 120 cm³/mol. The van der Waals surface area contributed by atoms with E-state index in [9.17, 15) is 8.42 Å². The average molecular weight is 445 g/mol. The van der Waals surface area contributed by atoms with Gasteiger partial charge in [-0.05, 0) is 55.5 Å². The number of halogens is 1. The van der Waals surface area contributed by atoms with Crippen molar-refractivity contribution in [3.8, 4) is 22.4 Å². The Bertz CT molecular complexity index is 1100. The van der Waals surface area contributed by atoms with Crippen LogP contribution >= 0.6 is 11.6 Å². The van der Waals surface area contributed by atoms with Crippen molar-refractivity contribution in [2.24, 2.45) is 0 Å². The van der Waals surface area contributed by atoms with Gasteiger partial charge >= 0.3 is 0 Å². The van der Waals surface area contributed by atoms with E-state index < -0.39 is 10.0 Å². The number of aromatic nitrogens is 3.